The standard InChI is InChI=1S/C12H18FNO/c1-7(2)12-10(13)5-9(8(3)14)6-11(12)15-4/h5-8H,14H2,1-4H3. The minimum Gasteiger partial charge on any atom is -0.496 e. The highest BCUT2D eigenvalue weighted by Gasteiger charge is 2.15. The highest BCUT2D eigenvalue weighted by molar-refractivity contribution is 5.41. The summed E-state index contributed by atoms with van der Waals surface area (Å²) in [5.41, 5.74) is 7.08. The molecule has 0 bridgehead atoms. The molecule has 0 saturated heterocycles. The lowest BCUT2D eigenvalue weighted by molar-refractivity contribution is 0.400. The Labute approximate surface area is 90.2 Å². The Hall–Kier alpha value is -1.09. The second kappa shape index (κ2) is 4.62. The molecule has 0 saturated carbocycles. The van der Waals surface area contributed by atoms with Crippen molar-refractivity contribution in [3.8, 4) is 5.75 Å². The topological polar surface area (TPSA) is 35.2 Å². The van der Waals surface area contributed by atoms with Crippen molar-refractivity contribution in [3.63, 3.8) is 0 Å². The van der Waals surface area contributed by atoms with E-state index in [0.717, 1.165) is 5.56 Å². The van der Waals surface area contributed by atoms with Gasteiger partial charge in [-0.15, -0.1) is 0 Å². The van der Waals surface area contributed by atoms with Crippen molar-refractivity contribution in [3.05, 3.63) is 29.1 Å². The molecule has 84 valence electrons. The van der Waals surface area contributed by atoms with E-state index < -0.39 is 0 Å². The quantitative estimate of drug-likeness (QED) is 0.834. The van der Waals surface area contributed by atoms with E-state index in [1.54, 1.807) is 7.11 Å². The van der Waals surface area contributed by atoms with Crippen LogP contribution in [0.15, 0.2) is 12.1 Å². The SMILES string of the molecule is COc1cc(C(C)N)cc(F)c1C(C)C. The molecule has 0 aliphatic heterocycles. The third kappa shape index (κ3) is 2.48. The molecular formula is C12H18FNO. The van der Waals surface area contributed by atoms with Gasteiger partial charge in [0.05, 0.1) is 7.11 Å². The fourth-order valence-electron chi connectivity index (χ4n) is 1.60. The van der Waals surface area contributed by atoms with E-state index in [1.807, 2.05) is 26.8 Å². The first-order valence-electron chi connectivity index (χ1n) is 5.10. The highest BCUT2D eigenvalue weighted by atomic mass is 19.1. The fraction of sp³-hybridized carbons (Fsp3) is 0.500. The Bertz CT molecular complexity index is 348. The monoisotopic (exact) mass is 211 g/mol. The van der Waals surface area contributed by atoms with E-state index in [9.17, 15) is 4.39 Å². The van der Waals surface area contributed by atoms with Crippen LogP contribution in [0.5, 0.6) is 5.75 Å². The van der Waals surface area contributed by atoms with E-state index in [0.29, 0.717) is 11.3 Å². The van der Waals surface area contributed by atoms with Crippen LogP contribution in [0.3, 0.4) is 0 Å². The molecule has 1 atom stereocenters. The van der Waals surface area contributed by atoms with Gasteiger partial charge in [0.15, 0.2) is 0 Å². The highest BCUT2D eigenvalue weighted by Crippen LogP contribution is 2.31. The number of hydrogen-bond donors (Lipinski definition) is 1. The zero-order valence-corrected chi connectivity index (χ0v) is 9.67. The molecule has 1 aromatic carbocycles. The number of hydrogen-bond acceptors (Lipinski definition) is 2. The zero-order valence-electron chi connectivity index (χ0n) is 9.67. The lowest BCUT2D eigenvalue weighted by Gasteiger charge is -2.16. The maximum atomic E-state index is 13.8. The molecule has 0 heterocycles. The number of halogens is 1. The predicted octanol–water partition coefficient (Wildman–Crippen LogP) is 2.98. The molecule has 0 spiro atoms. The van der Waals surface area contributed by atoms with E-state index >= 15 is 0 Å². The summed E-state index contributed by atoms with van der Waals surface area (Å²) in [6.07, 6.45) is 0. The maximum Gasteiger partial charge on any atom is 0.130 e. The third-order valence-electron chi connectivity index (χ3n) is 2.44. The van der Waals surface area contributed by atoms with Gasteiger partial charge >= 0.3 is 0 Å². The van der Waals surface area contributed by atoms with E-state index in [4.69, 9.17) is 10.5 Å². The number of nitrogens with two attached hydrogens (primary N) is 1. The van der Waals surface area contributed by atoms with Gasteiger partial charge in [0.2, 0.25) is 0 Å². The Kier molecular flexibility index (Phi) is 3.69. The number of benzene rings is 1. The molecule has 0 fully saturated rings. The molecule has 1 unspecified atom stereocenters. The molecule has 2 nitrogen and oxygen atoms in total. The van der Waals surface area contributed by atoms with Crippen molar-refractivity contribution >= 4 is 0 Å². The van der Waals surface area contributed by atoms with E-state index in [2.05, 4.69) is 0 Å². The lowest BCUT2D eigenvalue weighted by Crippen LogP contribution is -2.08. The van der Waals surface area contributed by atoms with Crippen molar-refractivity contribution in [1.29, 1.82) is 0 Å². The Morgan fingerprint density at radius 2 is 1.87 bits per heavy atom. The van der Waals surface area contributed by atoms with Crippen LogP contribution in [-0.4, -0.2) is 7.11 Å². The molecule has 0 aliphatic carbocycles. The Morgan fingerprint density at radius 3 is 2.27 bits per heavy atom. The van der Waals surface area contributed by atoms with E-state index in [1.165, 1.54) is 6.07 Å². The fourth-order valence-corrected chi connectivity index (χ4v) is 1.60. The average Bonchev–Trinajstić information content (AvgIpc) is 2.15. The lowest BCUT2D eigenvalue weighted by atomic mass is 9.97. The second-order valence-electron chi connectivity index (χ2n) is 4.06. The van der Waals surface area contributed by atoms with Crippen molar-refractivity contribution in [2.45, 2.75) is 32.7 Å². The maximum absolute atomic E-state index is 13.8. The summed E-state index contributed by atoms with van der Waals surface area (Å²) in [4.78, 5) is 0. The molecule has 2 N–H and O–H groups in total. The van der Waals surface area contributed by atoms with Gasteiger partial charge in [-0.2, -0.15) is 0 Å². The van der Waals surface area contributed by atoms with Crippen molar-refractivity contribution in [2.75, 3.05) is 7.11 Å². The van der Waals surface area contributed by atoms with Crippen molar-refractivity contribution in [1.82, 2.24) is 0 Å². The van der Waals surface area contributed by atoms with Gasteiger partial charge in [0.25, 0.3) is 0 Å². The van der Waals surface area contributed by atoms with E-state index in [-0.39, 0.29) is 17.8 Å². The molecule has 15 heavy (non-hydrogen) atoms. The van der Waals surface area contributed by atoms with Crippen molar-refractivity contribution < 1.29 is 9.13 Å². The summed E-state index contributed by atoms with van der Waals surface area (Å²) < 4.78 is 19.0. The number of methoxy groups -OCH3 is 1. The molecule has 1 aromatic rings. The molecule has 3 heteroatoms. The third-order valence-corrected chi connectivity index (χ3v) is 2.44. The van der Waals surface area contributed by atoms with Crippen LogP contribution in [0.25, 0.3) is 0 Å². The van der Waals surface area contributed by atoms with Gasteiger partial charge < -0.3 is 10.5 Å². The second-order valence-corrected chi connectivity index (χ2v) is 4.06. The Balaban J connectivity index is 3.31. The van der Waals surface area contributed by atoms with Crippen LogP contribution in [-0.2, 0) is 0 Å². The summed E-state index contributed by atoms with van der Waals surface area (Å²) in [5, 5.41) is 0. The summed E-state index contributed by atoms with van der Waals surface area (Å²) >= 11 is 0. The zero-order chi connectivity index (χ0) is 11.6. The number of rotatable bonds is 3. The first kappa shape index (κ1) is 12.0. The predicted molar refractivity (Wildman–Crippen MR) is 59.6 cm³/mol. The minimum atomic E-state index is -0.239. The molecule has 0 amide bonds. The van der Waals surface area contributed by atoms with Crippen molar-refractivity contribution in [2.24, 2.45) is 5.73 Å². The van der Waals surface area contributed by atoms with Gasteiger partial charge in [-0.1, -0.05) is 13.8 Å². The van der Waals surface area contributed by atoms with Gasteiger partial charge in [-0.25, -0.2) is 4.39 Å². The average molecular weight is 211 g/mol. The molecule has 1 rings (SSSR count). The molecule has 0 aliphatic rings. The summed E-state index contributed by atoms with van der Waals surface area (Å²) in [5.74, 6) is 0.441. The van der Waals surface area contributed by atoms with Crippen LogP contribution in [0, 0.1) is 5.82 Å². The summed E-state index contributed by atoms with van der Waals surface area (Å²) in [6, 6.07) is 3.11. The van der Waals surface area contributed by atoms with Crippen LogP contribution in [0.4, 0.5) is 4.39 Å². The van der Waals surface area contributed by atoms with Crippen LogP contribution < -0.4 is 10.5 Å². The van der Waals surface area contributed by atoms with Gasteiger partial charge in [-0.05, 0) is 30.5 Å². The van der Waals surface area contributed by atoms with Gasteiger partial charge in [0, 0.05) is 11.6 Å². The normalized spacial score (nSPS) is 13.0. The first-order chi connectivity index (χ1) is 6.97. The van der Waals surface area contributed by atoms with Crippen LogP contribution in [0.2, 0.25) is 0 Å². The van der Waals surface area contributed by atoms with Gasteiger partial charge in [0.1, 0.15) is 11.6 Å². The largest absolute Gasteiger partial charge is 0.496 e. The van der Waals surface area contributed by atoms with Crippen LogP contribution in [0.1, 0.15) is 43.9 Å². The number of ether oxygens (including phenoxy) is 1. The molecule has 0 aromatic heterocycles. The first-order valence-corrected chi connectivity index (χ1v) is 5.10. The summed E-state index contributed by atoms with van der Waals surface area (Å²) in [6.45, 7) is 5.70. The van der Waals surface area contributed by atoms with Gasteiger partial charge in [-0.3, -0.25) is 0 Å². The smallest absolute Gasteiger partial charge is 0.130 e. The Morgan fingerprint density at radius 1 is 1.27 bits per heavy atom. The minimum absolute atomic E-state index is 0.0991. The molecular weight excluding hydrogens is 193 g/mol. The summed E-state index contributed by atoms with van der Waals surface area (Å²) in [7, 11) is 1.55. The molecule has 0 radical (unpaired) electrons. The van der Waals surface area contributed by atoms with Crippen LogP contribution >= 0.6 is 0 Å².